The Hall–Kier alpha value is -2.99. The lowest BCUT2D eigenvalue weighted by atomic mass is 10.1. The Labute approximate surface area is 147 Å². The minimum atomic E-state index is -0.313. The molecule has 0 saturated heterocycles. The number of benzene rings is 2. The van der Waals surface area contributed by atoms with Crippen LogP contribution in [0.5, 0.6) is 0 Å². The van der Waals surface area contributed by atoms with Crippen molar-refractivity contribution in [3.63, 3.8) is 0 Å². The van der Waals surface area contributed by atoms with E-state index in [1.807, 2.05) is 24.3 Å². The Morgan fingerprint density at radius 3 is 2.72 bits per heavy atom. The zero-order chi connectivity index (χ0) is 17.2. The van der Waals surface area contributed by atoms with Crippen molar-refractivity contribution in [1.82, 2.24) is 15.1 Å². The summed E-state index contributed by atoms with van der Waals surface area (Å²) in [6.07, 6.45) is 1.41. The van der Waals surface area contributed by atoms with Crippen LogP contribution in [-0.4, -0.2) is 15.1 Å². The highest BCUT2D eigenvalue weighted by Gasteiger charge is 2.16. The first-order valence-corrected chi connectivity index (χ1v) is 7.93. The fraction of sp³-hybridized carbons (Fsp3) is 0.0556. The predicted octanol–water partition coefficient (Wildman–Crippen LogP) is 4.69. The third-order valence-corrected chi connectivity index (χ3v) is 3.97. The second kappa shape index (κ2) is 6.49. The molecule has 0 aliphatic heterocycles. The second-order valence-corrected chi connectivity index (χ2v) is 5.86. The Morgan fingerprint density at radius 2 is 1.92 bits per heavy atom. The normalized spacial score (nSPS) is 11.0. The van der Waals surface area contributed by atoms with Gasteiger partial charge in [0, 0.05) is 17.1 Å². The third-order valence-electron chi connectivity index (χ3n) is 3.74. The number of nitrogens with one attached hydrogen (secondary N) is 1. The van der Waals surface area contributed by atoms with E-state index >= 15 is 0 Å². The molecule has 0 saturated carbocycles. The maximum atomic E-state index is 13.2. The number of nitrogens with zero attached hydrogens (tertiary/aromatic N) is 3. The van der Waals surface area contributed by atoms with Crippen LogP contribution in [0.1, 0.15) is 5.56 Å². The van der Waals surface area contributed by atoms with Gasteiger partial charge in [0.15, 0.2) is 0 Å². The molecule has 7 heteroatoms. The van der Waals surface area contributed by atoms with Crippen molar-refractivity contribution >= 4 is 28.5 Å². The number of hydrogen-bond donors (Lipinski definition) is 1. The molecule has 4 aromatic rings. The molecule has 4 rings (SSSR count). The van der Waals surface area contributed by atoms with E-state index in [0.717, 1.165) is 11.1 Å². The van der Waals surface area contributed by atoms with E-state index in [9.17, 15) is 4.39 Å². The van der Waals surface area contributed by atoms with Crippen molar-refractivity contribution in [3.05, 3.63) is 71.3 Å². The summed E-state index contributed by atoms with van der Waals surface area (Å²) >= 11 is 6.01. The van der Waals surface area contributed by atoms with Gasteiger partial charge < -0.3 is 9.84 Å². The molecule has 1 N–H and O–H groups in total. The lowest BCUT2D eigenvalue weighted by Gasteiger charge is -2.07. The molecule has 124 valence electrons. The van der Waals surface area contributed by atoms with Crippen molar-refractivity contribution in [2.24, 2.45) is 0 Å². The van der Waals surface area contributed by atoms with E-state index in [0.29, 0.717) is 34.2 Å². The first-order valence-electron chi connectivity index (χ1n) is 7.55. The van der Waals surface area contributed by atoms with Crippen molar-refractivity contribution in [2.75, 3.05) is 5.32 Å². The highest BCUT2D eigenvalue weighted by Crippen LogP contribution is 2.31. The quantitative estimate of drug-likeness (QED) is 0.576. The summed E-state index contributed by atoms with van der Waals surface area (Å²) in [6, 6.07) is 13.6. The predicted molar refractivity (Wildman–Crippen MR) is 93.8 cm³/mol. The minimum Gasteiger partial charge on any atom is -0.365 e. The summed E-state index contributed by atoms with van der Waals surface area (Å²) in [7, 11) is 0. The van der Waals surface area contributed by atoms with Crippen LogP contribution in [0.25, 0.3) is 22.4 Å². The lowest BCUT2D eigenvalue weighted by molar-refractivity contribution is 0.451. The molecular formula is C18H12ClFN4O. The zero-order valence-electron chi connectivity index (χ0n) is 12.9. The molecule has 0 radical (unpaired) electrons. The number of fused-ring (bicyclic) bond motifs is 1. The fourth-order valence-electron chi connectivity index (χ4n) is 2.56. The molecule has 2 aromatic carbocycles. The highest BCUT2D eigenvalue weighted by molar-refractivity contribution is 6.30. The van der Waals surface area contributed by atoms with Crippen LogP contribution in [0, 0.1) is 5.82 Å². The molecule has 0 amide bonds. The standard InChI is InChI=1S/C18H12ClFN4O/c19-13-3-1-2-11(8-13)9-21-17-15-16(12-4-6-14(20)7-5-12)24-25-18(15)23-10-22-17/h1-8,10H,9H2,(H,21,22,23). The topological polar surface area (TPSA) is 63.8 Å². The van der Waals surface area contributed by atoms with E-state index in [1.54, 1.807) is 12.1 Å². The van der Waals surface area contributed by atoms with Gasteiger partial charge in [-0.15, -0.1) is 0 Å². The van der Waals surface area contributed by atoms with Crippen LogP contribution in [0.2, 0.25) is 5.02 Å². The van der Waals surface area contributed by atoms with Crippen molar-refractivity contribution in [3.8, 4) is 11.3 Å². The van der Waals surface area contributed by atoms with Gasteiger partial charge >= 0.3 is 0 Å². The van der Waals surface area contributed by atoms with E-state index < -0.39 is 0 Å². The van der Waals surface area contributed by atoms with Crippen molar-refractivity contribution in [2.45, 2.75) is 6.54 Å². The molecule has 2 aromatic heterocycles. The van der Waals surface area contributed by atoms with E-state index in [2.05, 4.69) is 20.4 Å². The third kappa shape index (κ3) is 3.16. The van der Waals surface area contributed by atoms with E-state index in [1.165, 1.54) is 18.5 Å². The molecule has 0 aliphatic rings. The van der Waals surface area contributed by atoms with Crippen LogP contribution >= 0.6 is 11.6 Å². The van der Waals surface area contributed by atoms with Gasteiger partial charge in [0.05, 0.1) is 0 Å². The van der Waals surface area contributed by atoms with Crippen molar-refractivity contribution in [1.29, 1.82) is 0 Å². The first kappa shape index (κ1) is 15.5. The van der Waals surface area contributed by atoms with Crippen LogP contribution in [-0.2, 0) is 6.54 Å². The molecule has 0 spiro atoms. The van der Waals surface area contributed by atoms with Gasteiger partial charge in [-0.05, 0) is 42.0 Å². The Bertz CT molecular complexity index is 1030. The number of halogens is 2. The molecule has 0 atom stereocenters. The molecule has 25 heavy (non-hydrogen) atoms. The van der Waals surface area contributed by atoms with Crippen LogP contribution in [0.3, 0.4) is 0 Å². The second-order valence-electron chi connectivity index (χ2n) is 5.42. The van der Waals surface area contributed by atoms with Crippen LogP contribution in [0.15, 0.2) is 59.4 Å². The van der Waals surface area contributed by atoms with Crippen LogP contribution < -0.4 is 5.32 Å². The Morgan fingerprint density at radius 1 is 1.08 bits per heavy atom. The summed E-state index contributed by atoms with van der Waals surface area (Å²) in [5.74, 6) is 0.276. The molecule has 0 bridgehead atoms. The minimum absolute atomic E-state index is 0.313. The monoisotopic (exact) mass is 354 g/mol. The van der Waals surface area contributed by atoms with Gasteiger partial charge in [-0.3, -0.25) is 0 Å². The summed E-state index contributed by atoms with van der Waals surface area (Å²) in [6.45, 7) is 0.528. The Kier molecular flexibility index (Phi) is 4.03. The summed E-state index contributed by atoms with van der Waals surface area (Å²) in [5.41, 5.74) is 2.66. The van der Waals surface area contributed by atoms with Gasteiger partial charge in [0.1, 0.15) is 29.0 Å². The van der Waals surface area contributed by atoms with Crippen molar-refractivity contribution < 1.29 is 8.91 Å². The molecule has 0 aliphatic carbocycles. The number of anilines is 1. The number of aromatic nitrogens is 3. The number of hydrogen-bond acceptors (Lipinski definition) is 5. The van der Waals surface area contributed by atoms with E-state index in [4.69, 9.17) is 16.1 Å². The molecular weight excluding hydrogens is 343 g/mol. The maximum absolute atomic E-state index is 13.2. The Balaban J connectivity index is 1.71. The van der Waals surface area contributed by atoms with Gasteiger partial charge in [-0.2, -0.15) is 4.98 Å². The summed E-state index contributed by atoms with van der Waals surface area (Å²) < 4.78 is 18.5. The summed E-state index contributed by atoms with van der Waals surface area (Å²) in [4.78, 5) is 8.39. The van der Waals surface area contributed by atoms with Gasteiger partial charge in [-0.1, -0.05) is 28.9 Å². The largest absolute Gasteiger partial charge is 0.365 e. The zero-order valence-corrected chi connectivity index (χ0v) is 13.7. The average Bonchev–Trinajstić information content (AvgIpc) is 3.05. The SMILES string of the molecule is Fc1ccc(-c2noc3ncnc(NCc4cccc(Cl)c4)c23)cc1. The smallest absolute Gasteiger partial charge is 0.263 e. The molecule has 2 heterocycles. The van der Waals surface area contributed by atoms with Gasteiger partial charge in [0.25, 0.3) is 5.71 Å². The average molecular weight is 355 g/mol. The van der Waals surface area contributed by atoms with Crippen LogP contribution in [0.4, 0.5) is 10.2 Å². The van der Waals surface area contributed by atoms with Gasteiger partial charge in [-0.25, -0.2) is 9.37 Å². The lowest BCUT2D eigenvalue weighted by Crippen LogP contribution is -2.02. The molecule has 0 fully saturated rings. The highest BCUT2D eigenvalue weighted by atomic mass is 35.5. The summed E-state index contributed by atoms with van der Waals surface area (Å²) in [5, 5.41) is 8.64. The number of rotatable bonds is 4. The first-order chi connectivity index (χ1) is 12.2. The fourth-order valence-corrected chi connectivity index (χ4v) is 2.77. The molecule has 0 unspecified atom stereocenters. The van der Waals surface area contributed by atoms with Gasteiger partial charge in [0.2, 0.25) is 0 Å². The maximum Gasteiger partial charge on any atom is 0.263 e. The molecule has 5 nitrogen and oxygen atoms in total. The van der Waals surface area contributed by atoms with E-state index in [-0.39, 0.29) is 5.82 Å².